The summed E-state index contributed by atoms with van der Waals surface area (Å²) in [4.78, 5) is 0. The molecule has 0 aromatic rings. The van der Waals surface area contributed by atoms with E-state index >= 15 is 0 Å². The van der Waals surface area contributed by atoms with Crippen LogP contribution in [-0.2, 0) is 10.1 Å². The van der Waals surface area contributed by atoms with E-state index in [-0.39, 0.29) is 5.41 Å². The van der Waals surface area contributed by atoms with Crippen LogP contribution in [0.25, 0.3) is 0 Å². The van der Waals surface area contributed by atoms with Crippen molar-refractivity contribution in [1.29, 1.82) is 0 Å². The predicted molar refractivity (Wildman–Crippen MR) is 54.9 cm³/mol. The van der Waals surface area contributed by atoms with Crippen molar-refractivity contribution in [3.8, 4) is 0 Å². The van der Waals surface area contributed by atoms with Gasteiger partial charge in [0.2, 0.25) is 0 Å². The highest BCUT2D eigenvalue weighted by atomic mass is 32.2. The fourth-order valence-electron chi connectivity index (χ4n) is 2.22. The van der Waals surface area contributed by atoms with Gasteiger partial charge in [-0.15, -0.1) is 0 Å². The quantitative estimate of drug-likeness (QED) is 0.635. The second-order valence-corrected chi connectivity index (χ2v) is 6.98. The van der Waals surface area contributed by atoms with Crippen LogP contribution in [0.2, 0.25) is 0 Å². The smallest absolute Gasteiger partial charge is 0.0975 e. The topological polar surface area (TPSA) is 57.2 Å². The summed E-state index contributed by atoms with van der Waals surface area (Å²) in [5, 5.41) is -0.624. The number of hydrogen-bond donors (Lipinski definition) is 0. The zero-order valence-electron chi connectivity index (χ0n) is 9.12. The van der Waals surface area contributed by atoms with Crippen LogP contribution >= 0.6 is 0 Å². The van der Waals surface area contributed by atoms with Gasteiger partial charge in [-0.1, -0.05) is 20.8 Å². The van der Waals surface area contributed by atoms with Crippen LogP contribution in [-0.4, -0.2) is 18.2 Å². The fraction of sp³-hybridized carbons (Fsp3) is 1.00. The first-order chi connectivity index (χ1) is 6.21. The zero-order chi connectivity index (χ0) is 11.0. The average molecular weight is 219 g/mol. The lowest BCUT2D eigenvalue weighted by atomic mass is 9.72. The molecule has 0 radical (unpaired) electrons. The van der Waals surface area contributed by atoms with Gasteiger partial charge in [-0.3, -0.25) is 0 Å². The molecule has 0 aliphatic heterocycles. The fourth-order valence-corrected chi connectivity index (χ4v) is 3.07. The highest BCUT2D eigenvalue weighted by Crippen LogP contribution is 2.39. The van der Waals surface area contributed by atoms with Gasteiger partial charge < -0.3 is 4.55 Å². The standard InChI is InChI=1S/C10H20O3S/c1-10(2,3)8-4-6-9(7-5-8)14(11,12)13/h8-9H,4-7H2,1-3H3,(H,11,12,13)/p-1. The molecule has 1 fully saturated rings. The average Bonchev–Trinajstić information content (AvgIpc) is 2.01. The molecule has 1 aliphatic carbocycles. The van der Waals surface area contributed by atoms with Crippen LogP contribution in [0.4, 0.5) is 0 Å². The van der Waals surface area contributed by atoms with Crippen LogP contribution in [0.5, 0.6) is 0 Å². The molecule has 1 aliphatic rings. The van der Waals surface area contributed by atoms with Crippen molar-refractivity contribution in [1.82, 2.24) is 0 Å². The molecule has 0 saturated heterocycles. The van der Waals surface area contributed by atoms with E-state index in [0.29, 0.717) is 18.8 Å². The third kappa shape index (κ3) is 2.95. The van der Waals surface area contributed by atoms with E-state index in [2.05, 4.69) is 20.8 Å². The molecule has 0 N–H and O–H groups in total. The van der Waals surface area contributed by atoms with Crippen LogP contribution in [0.1, 0.15) is 46.5 Å². The maximum atomic E-state index is 10.8. The van der Waals surface area contributed by atoms with Gasteiger partial charge in [-0.2, -0.15) is 0 Å². The maximum absolute atomic E-state index is 10.8. The van der Waals surface area contributed by atoms with Crippen LogP contribution < -0.4 is 0 Å². The molecule has 0 spiro atoms. The van der Waals surface area contributed by atoms with Crippen LogP contribution in [0.15, 0.2) is 0 Å². The predicted octanol–water partition coefficient (Wildman–Crippen LogP) is 2.14. The molecule has 1 rings (SSSR count). The van der Waals surface area contributed by atoms with Crippen molar-refractivity contribution in [3.05, 3.63) is 0 Å². The molecular formula is C10H19O3S-. The van der Waals surface area contributed by atoms with Gasteiger partial charge in [-0.25, -0.2) is 8.42 Å². The van der Waals surface area contributed by atoms with Gasteiger partial charge in [0.25, 0.3) is 0 Å². The Morgan fingerprint density at radius 2 is 1.50 bits per heavy atom. The molecule has 0 amide bonds. The first-order valence-electron chi connectivity index (χ1n) is 5.16. The minimum Gasteiger partial charge on any atom is -0.748 e. The highest BCUT2D eigenvalue weighted by molar-refractivity contribution is 7.86. The Labute approximate surface area is 86.6 Å². The van der Waals surface area contributed by atoms with E-state index in [9.17, 15) is 13.0 Å². The van der Waals surface area contributed by atoms with Gasteiger partial charge in [0.1, 0.15) is 0 Å². The molecule has 84 valence electrons. The largest absolute Gasteiger partial charge is 0.748 e. The Morgan fingerprint density at radius 1 is 1.07 bits per heavy atom. The lowest BCUT2D eigenvalue weighted by Crippen LogP contribution is -2.31. The van der Waals surface area contributed by atoms with E-state index in [0.717, 1.165) is 12.8 Å². The summed E-state index contributed by atoms with van der Waals surface area (Å²) in [6, 6.07) is 0. The first kappa shape index (κ1) is 12.0. The molecule has 14 heavy (non-hydrogen) atoms. The Morgan fingerprint density at radius 3 is 1.79 bits per heavy atom. The minimum absolute atomic E-state index is 0.234. The summed E-state index contributed by atoms with van der Waals surface area (Å²) in [7, 11) is -4.04. The van der Waals surface area contributed by atoms with Gasteiger partial charge >= 0.3 is 0 Å². The van der Waals surface area contributed by atoms with Crippen molar-refractivity contribution < 1.29 is 13.0 Å². The Hall–Kier alpha value is -0.0900. The van der Waals surface area contributed by atoms with E-state index in [1.807, 2.05) is 0 Å². The van der Waals surface area contributed by atoms with Crippen molar-refractivity contribution in [2.24, 2.45) is 11.3 Å². The molecule has 3 nitrogen and oxygen atoms in total. The zero-order valence-corrected chi connectivity index (χ0v) is 9.93. The van der Waals surface area contributed by atoms with Gasteiger partial charge in [0.05, 0.1) is 10.1 Å². The Bertz CT molecular complexity index is 279. The monoisotopic (exact) mass is 219 g/mol. The van der Waals surface area contributed by atoms with Crippen LogP contribution in [0.3, 0.4) is 0 Å². The lowest BCUT2D eigenvalue weighted by molar-refractivity contribution is 0.178. The normalized spacial score (nSPS) is 30.3. The van der Waals surface area contributed by atoms with Crippen molar-refractivity contribution in [2.45, 2.75) is 51.7 Å². The minimum atomic E-state index is -4.04. The lowest BCUT2D eigenvalue weighted by Gasteiger charge is -2.37. The summed E-state index contributed by atoms with van der Waals surface area (Å²) in [5.74, 6) is 0.556. The van der Waals surface area contributed by atoms with Crippen molar-refractivity contribution >= 4 is 10.1 Å². The van der Waals surface area contributed by atoms with E-state index < -0.39 is 15.4 Å². The van der Waals surface area contributed by atoms with E-state index in [4.69, 9.17) is 0 Å². The molecule has 0 aromatic carbocycles. The van der Waals surface area contributed by atoms with Crippen LogP contribution in [0, 0.1) is 11.3 Å². The summed E-state index contributed by atoms with van der Waals surface area (Å²) < 4.78 is 32.4. The van der Waals surface area contributed by atoms with Gasteiger partial charge in [-0.05, 0) is 37.0 Å². The van der Waals surface area contributed by atoms with E-state index in [1.165, 1.54) is 0 Å². The molecule has 0 atom stereocenters. The maximum Gasteiger partial charge on any atom is 0.0975 e. The SMILES string of the molecule is CC(C)(C)C1CCC(S(=O)(=O)[O-])CC1. The molecule has 1 saturated carbocycles. The molecular weight excluding hydrogens is 200 g/mol. The first-order valence-corrected chi connectivity index (χ1v) is 6.63. The number of hydrogen-bond acceptors (Lipinski definition) is 3. The van der Waals surface area contributed by atoms with Gasteiger partial charge in [0.15, 0.2) is 0 Å². The molecule has 0 aromatic heterocycles. The summed E-state index contributed by atoms with van der Waals surface area (Å²) in [5.41, 5.74) is 0.234. The van der Waals surface area contributed by atoms with Crippen molar-refractivity contribution in [3.63, 3.8) is 0 Å². The molecule has 0 bridgehead atoms. The van der Waals surface area contributed by atoms with Gasteiger partial charge in [0, 0.05) is 5.25 Å². The highest BCUT2D eigenvalue weighted by Gasteiger charge is 2.31. The molecule has 0 heterocycles. The third-order valence-electron chi connectivity index (χ3n) is 3.31. The third-order valence-corrected chi connectivity index (χ3v) is 4.60. The Kier molecular flexibility index (Phi) is 3.26. The number of rotatable bonds is 1. The van der Waals surface area contributed by atoms with Crippen molar-refractivity contribution in [2.75, 3.05) is 0 Å². The second-order valence-electron chi connectivity index (χ2n) is 5.33. The second kappa shape index (κ2) is 3.81. The molecule has 0 unspecified atom stereocenters. The summed E-state index contributed by atoms with van der Waals surface area (Å²) in [6.45, 7) is 6.51. The summed E-state index contributed by atoms with van der Waals surface area (Å²) in [6.07, 6.45) is 2.84. The van der Waals surface area contributed by atoms with E-state index in [1.54, 1.807) is 0 Å². The Balaban J connectivity index is 2.56. The summed E-state index contributed by atoms with van der Waals surface area (Å²) >= 11 is 0. The molecule has 4 heteroatoms.